The number of aliphatic hydroxyl groups excluding tert-OH is 1. The van der Waals surface area contributed by atoms with Crippen molar-refractivity contribution in [2.75, 3.05) is 6.61 Å². The molecule has 0 atom stereocenters. The Balaban J connectivity index is 0.000000791. The molecular formula is C12H19FO. The number of aliphatic hydroxyl groups is 1. The van der Waals surface area contributed by atoms with Crippen molar-refractivity contribution in [2.24, 2.45) is 0 Å². The Kier molecular flexibility index (Phi) is 8.14. The molecule has 0 unspecified atom stereocenters. The van der Waals surface area contributed by atoms with Crippen molar-refractivity contribution in [3.8, 4) is 0 Å². The molecule has 0 aromatic heterocycles. The summed E-state index contributed by atoms with van der Waals surface area (Å²) < 4.78 is 12.6. The lowest BCUT2D eigenvalue weighted by Gasteiger charge is -1.99. The summed E-state index contributed by atoms with van der Waals surface area (Å²) in [6.45, 7) is 4.22. The third-order valence-corrected chi connectivity index (χ3v) is 1.76. The average molecular weight is 198 g/mol. The predicted octanol–water partition coefficient (Wildman–Crippen LogP) is 3.17. The molecule has 1 aromatic carbocycles. The fraction of sp³-hybridized carbons (Fsp3) is 0.500. The van der Waals surface area contributed by atoms with Crippen LogP contribution in [-0.2, 0) is 6.42 Å². The summed E-state index contributed by atoms with van der Waals surface area (Å²) in [5.41, 5.74) is 1.00. The Morgan fingerprint density at radius 1 is 1.21 bits per heavy atom. The van der Waals surface area contributed by atoms with Gasteiger partial charge in [-0.15, -0.1) is 0 Å². The summed E-state index contributed by atoms with van der Waals surface area (Å²) in [6, 6.07) is 6.59. The van der Waals surface area contributed by atoms with Crippen LogP contribution in [0.3, 0.4) is 0 Å². The van der Waals surface area contributed by atoms with Crippen LogP contribution < -0.4 is 0 Å². The Bertz CT molecular complexity index is 236. The standard InChI is InChI=1S/C10H13FO.C2H6/c11-10-6-3-5-9(8-10)4-1-2-7-12;1-2/h3,5-6,8,12H,1-2,4,7H2;1-2H3. The third-order valence-electron chi connectivity index (χ3n) is 1.76. The quantitative estimate of drug-likeness (QED) is 0.737. The van der Waals surface area contributed by atoms with Crippen LogP contribution in [0.2, 0.25) is 0 Å². The molecule has 0 saturated heterocycles. The highest BCUT2D eigenvalue weighted by Crippen LogP contribution is 2.06. The highest BCUT2D eigenvalue weighted by atomic mass is 19.1. The summed E-state index contributed by atoms with van der Waals surface area (Å²) >= 11 is 0. The van der Waals surface area contributed by atoms with E-state index in [4.69, 9.17) is 5.11 Å². The average Bonchev–Trinajstić information content (AvgIpc) is 2.21. The lowest BCUT2D eigenvalue weighted by atomic mass is 10.1. The molecule has 0 aliphatic rings. The van der Waals surface area contributed by atoms with Gasteiger partial charge in [0.05, 0.1) is 0 Å². The summed E-state index contributed by atoms with van der Waals surface area (Å²) in [6.07, 6.45) is 2.55. The molecule has 0 heterocycles. The van der Waals surface area contributed by atoms with Crippen molar-refractivity contribution >= 4 is 0 Å². The fourth-order valence-corrected chi connectivity index (χ4v) is 1.13. The van der Waals surface area contributed by atoms with Crippen LogP contribution in [0.4, 0.5) is 4.39 Å². The van der Waals surface area contributed by atoms with Crippen LogP contribution in [0.25, 0.3) is 0 Å². The zero-order valence-corrected chi connectivity index (χ0v) is 8.96. The van der Waals surface area contributed by atoms with Crippen molar-refractivity contribution in [3.63, 3.8) is 0 Å². The highest BCUT2D eigenvalue weighted by molar-refractivity contribution is 5.16. The first-order valence-electron chi connectivity index (χ1n) is 5.18. The van der Waals surface area contributed by atoms with Crippen molar-refractivity contribution in [1.29, 1.82) is 0 Å². The molecule has 0 fully saturated rings. The number of aryl methyl sites for hydroxylation is 1. The van der Waals surface area contributed by atoms with Crippen LogP contribution in [0.15, 0.2) is 24.3 Å². The number of benzene rings is 1. The summed E-state index contributed by atoms with van der Waals surface area (Å²) in [4.78, 5) is 0. The van der Waals surface area contributed by atoms with Crippen LogP contribution >= 0.6 is 0 Å². The molecule has 0 spiro atoms. The van der Waals surface area contributed by atoms with Crippen molar-refractivity contribution < 1.29 is 9.50 Å². The van der Waals surface area contributed by atoms with Crippen LogP contribution in [0, 0.1) is 5.82 Å². The molecule has 1 aromatic rings. The van der Waals surface area contributed by atoms with Crippen LogP contribution in [0.1, 0.15) is 32.3 Å². The van der Waals surface area contributed by atoms with Gasteiger partial charge in [-0.2, -0.15) is 0 Å². The fourth-order valence-electron chi connectivity index (χ4n) is 1.13. The smallest absolute Gasteiger partial charge is 0.123 e. The molecule has 1 nitrogen and oxygen atoms in total. The minimum Gasteiger partial charge on any atom is -0.396 e. The van der Waals surface area contributed by atoms with Crippen molar-refractivity contribution in [3.05, 3.63) is 35.6 Å². The van der Waals surface area contributed by atoms with Gasteiger partial charge in [0.25, 0.3) is 0 Å². The summed E-state index contributed by atoms with van der Waals surface area (Å²) in [7, 11) is 0. The van der Waals surface area contributed by atoms with Crippen LogP contribution in [-0.4, -0.2) is 11.7 Å². The van der Waals surface area contributed by atoms with Gasteiger partial charge in [-0.3, -0.25) is 0 Å². The first-order valence-corrected chi connectivity index (χ1v) is 5.18. The van der Waals surface area contributed by atoms with E-state index in [-0.39, 0.29) is 12.4 Å². The van der Waals surface area contributed by atoms with Crippen LogP contribution in [0.5, 0.6) is 0 Å². The Labute approximate surface area is 85.6 Å². The van der Waals surface area contributed by atoms with E-state index in [1.54, 1.807) is 6.07 Å². The number of unbranched alkanes of at least 4 members (excludes halogenated alkanes) is 1. The number of rotatable bonds is 4. The number of halogens is 1. The van der Waals surface area contributed by atoms with Crippen molar-refractivity contribution in [2.45, 2.75) is 33.1 Å². The van der Waals surface area contributed by atoms with Gasteiger partial charge in [0.2, 0.25) is 0 Å². The molecule has 80 valence electrons. The molecule has 0 saturated carbocycles. The molecule has 1 rings (SSSR count). The SMILES string of the molecule is CC.OCCCCc1cccc(F)c1. The minimum atomic E-state index is -0.184. The highest BCUT2D eigenvalue weighted by Gasteiger charge is 1.94. The van der Waals surface area contributed by atoms with Gasteiger partial charge in [0.15, 0.2) is 0 Å². The monoisotopic (exact) mass is 198 g/mol. The van der Waals surface area contributed by atoms with Gasteiger partial charge >= 0.3 is 0 Å². The van der Waals surface area contributed by atoms with Gasteiger partial charge < -0.3 is 5.11 Å². The molecule has 0 radical (unpaired) electrons. The maximum absolute atomic E-state index is 12.6. The maximum Gasteiger partial charge on any atom is 0.123 e. The lowest BCUT2D eigenvalue weighted by molar-refractivity contribution is 0.284. The molecule has 14 heavy (non-hydrogen) atoms. The van der Waals surface area contributed by atoms with Gasteiger partial charge in [0.1, 0.15) is 5.82 Å². The summed E-state index contributed by atoms with van der Waals surface area (Å²) in [5.74, 6) is -0.184. The van der Waals surface area contributed by atoms with E-state index >= 15 is 0 Å². The largest absolute Gasteiger partial charge is 0.396 e. The van der Waals surface area contributed by atoms with E-state index in [0.29, 0.717) is 0 Å². The first-order chi connectivity index (χ1) is 6.83. The van der Waals surface area contributed by atoms with E-state index in [1.165, 1.54) is 12.1 Å². The van der Waals surface area contributed by atoms with E-state index in [2.05, 4.69) is 0 Å². The van der Waals surface area contributed by atoms with Gasteiger partial charge in [-0.05, 0) is 37.0 Å². The first kappa shape index (κ1) is 13.1. The molecule has 0 amide bonds. The second-order valence-electron chi connectivity index (χ2n) is 2.81. The Morgan fingerprint density at radius 2 is 1.93 bits per heavy atom. The number of hydrogen-bond donors (Lipinski definition) is 1. The normalized spacial score (nSPS) is 9.14. The van der Waals surface area contributed by atoms with Gasteiger partial charge in [0, 0.05) is 6.61 Å². The Morgan fingerprint density at radius 3 is 2.50 bits per heavy atom. The van der Waals surface area contributed by atoms with E-state index in [1.807, 2.05) is 19.9 Å². The summed E-state index contributed by atoms with van der Waals surface area (Å²) in [5, 5.41) is 8.52. The molecule has 0 bridgehead atoms. The lowest BCUT2D eigenvalue weighted by Crippen LogP contribution is -1.89. The third kappa shape index (κ3) is 5.70. The maximum atomic E-state index is 12.6. The minimum absolute atomic E-state index is 0.184. The van der Waals surface area contributed by atoms with Gasteiger partial charge in [-0.1, -0.05) is 26.0 Å². The molecule has 0 aliphatic carbocycles. The van der Waals surface area contributed by atoms with E-state index in [0.717, 1.165) is 24.8 Å². The van der Waals surface area contributed by atoms with E-state index in [9.17, 15) is 4.39 Å². The predicted molar refractivity (Wildman–Crippen MR) is 57.8 cm³/mol. The zero-order chi connectivity index (χ0) is 10.8. The molecule has 0 aliphatic heterocycles. The van der Waals surface area contributed by atoms with E-state index < -0.39 is 0 Å². The second kappa shape index (κ2) is 8.70. The van der Waals surface area contributed by atoms with Gasteiger partial charge in [-0.25, -0.2) is 4.39 Å². The molecule has 1 N–H and O–H groups in total. The van der Waals surface area contributed by atoms with Crippen molar-refractivity contribution in [1.82, 2.24) is 0 Å². The Hall–Kier alpha value is -0.890. The second-order valence-corrected chi connectivity index (χ2v) is 2.81. The topological polar surface area (TPSA) is 20.2 Å². The number of hydrogen-bond acceptors (Lipinski definition) is 1. The zero-order valence-electron chi connectivity index (χ0n) is 8.96. The molecular weight excluding hydrogens is 179 g/mol. The molecule has 2 heteroatoms.